The molecule has 0 saturated carbocycles. The third-order valence-electron chi connectivity index (χ3n) is 4.82. The van der Waals surface area contributed by atoms with E-state index in [1.807, 2.05) is 33.7 Å². The number of ether oxygens (including phenoxy) is 2. The van der Waals surface area contributed by atoms with Crippen molar-refractivity contribution in [3.63, 3.8) is 0 Å². The van der Waals surface area contributed by atoms with Crippen LogP contribution in [0.2, 0.25) is 0 Å². The van der Waals surface area contributed by atoms with Crippen LogP contribution in [0.3, 0.4) is 0 Å². The predicted molar refractivity (Wildman–Crippen MR) is 91.5 cm³/mol. The normalized spacial score (nSPS) is 20.2. The molecule has 1 amide bonds. The third-order valence-corrected chi connectivity index (χ3v) is 4.82. The number of amides is 1. The Labute approximate surface area is 146 Å². The first kappa shape index (κ1) is 16.1. The number of methoxy groups -OCH3 is 1. The Balaban J connectivity index is 1.50. The largest absolute Gasteiger partial charge is 0.497 e. The summed E-state index contributed by atoms with van der Waals surface area (Å²) in [6, 6.07) is 7.89. The molecule has 0 radical (unpaired) electrons. The molecule has 2 aliphatic heterocycles. The van der Waals surface area contributed by atoms with Gasteiger partial charge in [-0.2, -0.15) is 0 Å². The van der Waals surface area contributed by atoms with Crippen LogP contribution in [0.5, 0.6) is 5.75 Å². The lowest BCUT2D eigenvalue weighted by Gasteiger charge is -2.28. The number of fused-ring (bicyclic) bond motifs is 1. The molecule has 1 N–H and O–H groups in total. The van der Waals surface area contributed by atoms with E-state index in [2.05, 4.69) is 10.3 Å². The third kappa shape index (κ3) is 3.12. The van der Waals surface area contributed by atoms with Crippen LogP contribution in [0.25, 0.3) is 0 Å². The van der Waals surface area contributed by atoms with Crippen molar-refractivity contribution in [2.45, 2.75) is 19.3 Å². The smallest absolute Gasteiger partial charge is 0.274 e. The van der Waals surface area contributed by atoms with Gasteiger partial charge in [0.05, 0.1) is 32.3 Å². The van der Waals surface area contributed by atoms with Gasteiger partial charge in [-0.25, -0.2) is 4.98 Å². The molecule has 132 valence electrons. The molecule has 25 heavy (non-hydrogen) atoms. The molecule has 1 fully saturated rings. The first-order valence-corrected chi connectivity index (χ1v) is 8.56. The average molecular weight is 342 g/mol. The molecule has 1 atom stereocenters. The Morgan fingerprint density at radius 3 is 2.76 bits per heavy atom. The maximum Gasteiger partial charge on any atom is 0.274 e. The SMILES string of the molecule is COc1ccc([C@H]2Cn3cnc(C(=O)N4CCNCC4)c3CO2)cc1. The second-order valence-corrected chi connectivity index (χ2v) is 6.31. The van der Waals surface area contributed by atoms with Gasteiger partial charge in [-0.3, -0.25) is 4.79 Å². The number of imidazole rings is 1. The number of hydrogen-bond acceptors (Lipinski definition) is 5. The average Bonchev–Trinajstić information content (AvgIpc) is 3.11. The lowest BCUT2D eigenvalue weighted by molar-refractivity contribution is 0.00230. The zero-order valence-corrected chi connectivity index (χ0v) is 14.3. The molecule has 0 spiro atoms. The molecule has 0 aliphatic carbocycles. The number of nitrogens with zero attached hydrogens (tertiary/aromatic N) is 3. The second-order valence-electron chi connectivity index (χ2n) is 6.31. The Bertz CT molecular complexity index is 750. The predicted octanol–water partition coefficient (Wildman–Crippen LogP) is 1.21. The van der Waals surface area contributed by atoms with Gasteiger partial charge in [0.1, 0.15) is 11.9 Å². The van der Waals surface area contributed by atoms with Gasteiger partial charge in [0.2, 0.25) is 0 Å². The second kappa shape index (κ2) is 6.85. The van der Waals surface area contributed by atoms with Crippen LogP contribution in [0.4, 0.5) is 0 Å². The molecule has 7 nitrogen and oxygen atoms in total. The van der Waals surface area contributed by atoms with Crippen molar-refractivity contribution in [1.29, 1.82) is 0 Å². The summed E-state index contributed by atoms with van der Waals surface area (Å²) >= 11 is 0. The number of aromatic nitrogens is 2. The Kier molecular flexibility index (Phi) is 4.42. The zero-order valence-electron chi connectivity index (χ0n) is 14.3. The summed E-state index contributed by atoms with van der Waals surface area (Å²) in [5, 5.41) is 3.26. The quantitative estimate of drug-likeness (QED) is 0.908. The number of carbonyl (C=O) groups is 1. The molecule has 2 aliphatic rings. The van der Waals surface area contributed by atoms with Gasteiger partial charge in [0.15, 0.2) is 5.69 Å². The molecular weight excluding hydrogens is 320 g/mol. The molecule has 1 saturated heterocycles. The molecule has 1 aromatic carbocycles. The van der Waals surface area contributed by atoms with E-state index in [1.165, 1.54) is 0 Å². The van der Waals surface area contributed by atoms with Crippen LogP contribution in [-0.4, -0.2) is 53.6 Å². The van der Waals surface area contributed by atoms with Crippen molar-refractivity contribution < 1.29 is 14.3 Å². The van der Waals surface area contributed by atoms with Crippen LogP contribution < -0.4 is 10.1 Å². The van der Waals surface area contributed by atoms with Crippen molar-refractivity contribution in [2.24, 2.45) is 0 Å². The van der Waals surface area contributed by atoms with Crippen molar-refractivity contribution >= 4 is 5.91 Å². The Morgan fingerprint density at radius 2 is 2.04 bits per heavy atom. The zero-order chi connectivity index (χ0) is 17.2. The van der Waals surface area contributed by atoms with Gasteiger partial charge in [-0.15, -0.1) is 0 Å². The molecule has 0 unspecified atom stereocenters. The van der Waals surface area contributed by atoms with E-state index in [-0.39, 0.29) is 12.0 Å². The minimum Gasteiger partial charge on any atom is -0.497 e. The number of piperazine rings is 1. The van der Waals surface area contributed by atoms with E-state index in [9.17, 15) is 4.79 Å². The number of rotatable bonds is 3. The van der Waals surface area contributed by atoms with Gasteiger partial charge in [-0.1, -0.05) is 12.1 Å². The lowest BCUT2D eigenvalue weighted by Crippen LogP contribution is -2.46. The fourth-order valence-corrected chi connectivity index (χ4v) is 3.34. The monoisotopic (exact) mass is 342 g/mol. The van der Waals surface area contributed by atoms with Crippen molar-refractivity contribution in [1.82, 2.24) is 19.8 Å². The molecule has 3 heterocycles. The highest BCUT2D eigenvalue weighted by atomic mass is 16.5. The summed E-state index contributed by atoms with van der Waals surface area (Å²) in [6.45, 7) is 4.16. The fraction of sp³-hybridized carbons (Fsp3) is 0.444. The molecular formula is C18H22N4O3. The first-order chi connectivity index (χ1) is 12.3. The van der Waals surface area contributed by atoms with Crippen molar-refractivity contribution in [3.8, 4) is 5.75 Å². The van der Waals surface area contributed by atoms with E-state index < -0.39 is 0 Å². The van der Waals surface area contributed by atoms with E-state index in [4.69, 9.17) is 9.47 Å². The van der Waals surface area contributed by atoms with E-state index in [1.54, 1.807) is 13.4 Å². The van der Waals surface area contributed by atoms with Gasteiger partial charge in [-0.05, 0) is 17.7 Å². The maximum atomic E-state index is 12.7. The molecule has 7 heteroatoms. The molecule has 2 aromatic rings. The summed E-state index contributed by atoms with van der Waals surface area (Å²) in [6.07, 6.45) is 1.71. The highest BCUT2D eigenvalue weighted by molar-refractivity contribution is 5.93. The topological polar surface area (TPSA) is 68.6 Å². The number of carbonyl (C=O) groups excluding carboxylic acids is 1. The van der Waals surface area contributed by atoms with Crippen LogP contribution in [0, 0.1) is 0 Å². The molecule has 0 bridgehead atoms. The molecule has 1 aromatic heterocycles. The molecule has 4 rings (SSSR count). The van der Waals surface area contributed by atoms with Crippen LogP contribution in [0.1, 0.15) is 27.8 Å². The standard InChI is InChI=1S/C18H22N4O3/c1-24-14-4-2-13(3-5-14)16-10-22-12-20-17(15(22)11-25-16)18(23)21-8-6-19-7-9-21/h2-5,12,16,19H,6-11H2,1H3/t16-/m1/s1. The van der Waals surface area contributed by atoms with Crippen LogP contribution in [0.15, 0.2) is 30.6 Å². The summed E-state index contributed by atoms with van der Waals surface area (Å²) in [5.74, 6) is 0.827. The van der Waals surface area contributed by atoms with Crippen molar-refractivity contribution in [3.05, 3.63) is 47.5 Å². The Morgan fingerprint density at radius 1 is 1.28 bits per heavy atom. The summed E-state index contributed by atoms with van der Waals surface area (Å²) in [4.78, 5) is 18.9. The van der Waals surface area contributed by atoms with Crippen LogP contribution in [-0.2, 0) is 17.9 Å². The summed E-state index contributed by atoms with van der Waals surface area (Å²) < 4.78 is 13.2. The van der Waals surface area contributed by atoms with Gasteiger partial charge < -0.3 is 24.3 Å². The highest BCUT2D eigenvalue weighted by Crippen LogP contribution is 2.29. The highest BCUT2D eigenvalue weighted by Gasteiger charge is 2.29. The van der Waals surface area contributed by atoms with Gasteiger partial charge in [0.25, 0.3) is 5.91 Å². The van der Waals surface area contributed by atoms with Gasteiger partial charge in [0, 0.05) is 26.2 Å². The van der Waals surface area contributed by atoms with Crippen LogP contribution >= 0.6 is 0 Å². The van der Waals surface area contributed by atoms with E-state index >= 15 is 0 Å². The number of hydrogen-bond donors (Lipinski definition) is 1. The number of benzene rings is 1. The Hall–Kier alpha value is -2.38. The maximum absolute atomic E-state index is 12.7. The summed E-state index contributed by atoms with van der Waals surface area (Å²) in [7, 11) is 1.65. The van der Waals surface area contributed by atoms with E-state index in [0.717, 1.165) is 43.2 Å². The fourth-order valence-electron chi connectivity index (χ4n) is 3.34. The van der Waals surface area contributed by atoms with E-state index in [0.29, 0.717) is 18.8 Å². The van der Waals surface area contributed by atoms with Crippen molar-refractivity contribution in [2.75, 3.05) is 33.3 Å². The summed E-state index contributed by atoms with van der Waals surface area (Å²) in [5.41, 5.74) is 2.48. The number of nitrogens with one attached hydrogen (secondary N) is 1. The lowest BCUT2D eigenvalue weighted by atomic mass is 10.1. The van der Waals surface area contributed by atoms with Gasteiger partial charge >= 0.3 is 0 Å². The minimum atomic E-state index is -0.0465. The minimum absolute atomic E-state index is 0.00162. The first-order valence-electron chi connectivity index (χ1n) is 8.56.